The Morgan fingerprint density at radius 2 is 1.86 bits per heavy atom. The van der Waals surface area contributed by atoms with Crippen molar-refractivity contribution in [2.45, 2.75) is 39.8 Å². The molecule has 0 amide bonds. The van der Waals surface area contributed by atoms with Crippen molar-refractivity contribution in [2.24, 2.45) is 4.99 Å². The average Bonchev–Trinajstić information content (AvgIpc) is 3.56. The van der Waals surface area contributed by atoms with Gasteiger partial charge in [-0.2, -0.15) is 0 Å². The van der Waals surface area contributed by atoms with E-state index in [1.54, 1.807) is 50.3 Å². The number of allylic oxidation sites excluding steroid dienone is 1. The van der Waals surface area contributed by atoms with Crippen LogP contribution in [0, 0.1) is 0 Å². The fraction of sp³-hybridized carbons (Fsp3) is 0.250. The number of furan rings is 1. The first-order chi connectivity index (χ1) is 20.6. The Morgan fingerprint density at radius 3 is 2.53 bits per heavy atom. The van der Waals surface area contributed by atoms with Crippen LogP contribution in [0.15, 0.2) is 80.1 Å². The summed E-state index contributed by atoms with van der Waals surface area (Å²) in [6, 6.07) is 14.9. The van der Waals surface area contributed by atoms with Crippen molar-refractivity contribution in [2.75, 3.05) is 13.7 Å². The van der Waals surface area contributed by atoms with Crippen LogP contribution in [0.3, 0.4) is 0 Å². The van der Waals surface area contributed by atoms with E-state index in [0.717, 1.165) is 0 Å². The summed E-state index contributed by atoms with van der Waals surface area (Å²) >= 11 is 7.35. The number of fused-ring (bicyclic) bond motifs is 1. The van der Waals surface area contributed by atoms with E-state index in [1.807, 2.05) is 38.1 Å². The molecule has 11 heteroatoms. The molecule has 0 fully saturated rings. The topological polar surface area (TPSA) is 109 Å². The summed E-state index contributed by atoms with van der Waals surface area (Å²) in [6.45, 7) is 7.53. The van der Waals surface area contributed by atoms with Crippen LogP contribution in [-0.4, -0.2) is 36.3 Å². The maximum Gasteiger partial charge on any atom is 0.339 e. The molecule has 1 atom stereocenters. The number of hydrogen-bond donors (Lipinski definition) is 0. The molecule has 222 valence electrons. The minimum atomic E-state index is -0.747. The zero-order chi connectivity index (χ0) is 30.8. The Bertz CT molecular complexity index is 1920. The van der Waals surface area contributed by atoms with E-state index in [1.165, 1.54) is 23.0 Å². The minimum absolute atomic E-state index is 0.00235. The summed E-state index contributed by atoms with van der Waals surface area (Å²) in [5.74, 6) is 0.479. The van der Waals surface area contributed by atoms with Crippen molar-refractivity contribution in [3.8, 4) is 17.1 Å². The largest absolute Gasteiger partial charge is 0.491 e. The SMILES string of the molecule is CCOC(=O)C1=C(C)N=c2s/c(=C\c3ccc(-c4ccc(Cl)c(C(=O)OC)c4)o3)c(=O)n2[C@H]1c1ccc(OC(C)C)cc1. The minimum Gasteiger partial charge on any atom is -0.491 e. The van der Waals surface area contributed by atoms with Crippen molar-refractivity contribution in [3.05, 3.63) is 107 Å². The number of carbonyl (C=O) groups is 2. The molecular weight excluding hydrogens is 592 g/mol. The summed E-state index contributed by atoms with van der Waals surface area (Å²) in [7, 11) is 1.28. The van der Waals surface area contributed by atoms with Crippen LogP contribution in [0.1, 0.15) is 55.4 Å². The number of halogens is 1. The second-order valence-corrected chi connectivity index (χ2v) is 11.3. The fourth-order valence-corrected chi connectivity index (χ4v) is 5.99. The molecule has 4 aromatic rings. The number of benzene rings is 2. The number of rotatable bonds is 8. The molecule has 0 bridgehead atoms. The van der Waals surface area contributed by atoms with Gasteiger partial charge in [-0.15, -0.1) is 0 Å². The summed E-state index contributed by atoms with van der Waals surface area (Å²) < 4.78 is 23.9. The number of thiazole rings is 1. The highest BCUT2D eigenvalue weighted by molar-refractivity contribution is 7.07. The van der Waals surface area contributed by atoms with Gasteiger partial charge in [0.1, 0.15) is 17.3 Å². The Labute approximate surface area is 256 Å². The molecule has 43 heavy (non-hydrogen) atoms. The van der Waals surface area contributed by atoms with Crippen molar-refractivity contribution >= 4 is 41.0 Å². The summed E-state index contributed by atoms with van der Waals surface area (Å²) in [5, 5.41) is 0.262. The number of ether oxygens (including phenoxy) is 3. The lowest BCUT2D eigenvalue weighted by Crippen LogP contribution is -2.39. The van der Waals surface area contributed by atoms with Crippen molar-refractivity contribution in [1.29, 1.82) is 0 Å². The molecular formula is C32H29ClN2O7S. The van der Waals surface area contributed by atoms with E-state index >= 15 is 0 Å². The van der Waals surface area contributed by atoms with Crippen molar-refractivity contribution < 1.29 is 28.2 Å². The van der Waals surface area contributed by atoms with E-state index in [9.17, 15) is 14.4 Å². The van der Waals surface area contributed by atoms with Gasteiger partial charge in [0, 0.05) is 11.6 Å². The predicted octanol–water partition coefficient (Wildman–Crippen LogP) is 5.29. The molecule has 0 radical (unpaired) electrons. The number of hydrogen-bond acceptors (Lipinski definition) is 9. The van der Waals surface area contributed by atoms with E-state index in [0.29, 0.717) is 49.0 Å². The van der Waals surface area contributed by atoms with Crippen LogP contribution in [0.2, 0.25) is 5.02 Å². The van der Waals surface area contributed by atoms with Crippen LogP contribution < -0.4 is 19.6 Å². The number of esters is 2. The van der Waals surface area contributed by atoms with Crippen LogP contribution in [0.25, 0.3) is 17.4 Å². The molecule has 2 aromatic heterocycles. The van der Waals surface area contributed by atoms with Crippen LogP contribution >= 0.6 is 22.9 Å². The molecule has 5 rings (SSSR count). The molecule has 0 N–H and O–H groups in total. The normalized spacial score (nSPS) is 14.9. The Morgan fingerprint density at radius 1 is 1.12 bits per heavy atom. The van der Waals surface area contributed by atoms with Gasteiger partial charge >= 0.3 is 11.9 Å². The Balaban J connectivity index is 1.58. The molecule has 1 aliphatic rings. The third-order valence-electron chi connectivity index (χ3n) is 6.64. The maximum atomic E-state index is 13.9. The molecule has 1 aliphatic heterocycles. The molecule has 2 aromatic carbocycles. The summed E-state index contributed by atoms with van der Waals surface area (Å²) in [4.78, 5) is 44.2. The molecule has 9 nitrogen and oxygen atoms in total. The molecule has 0 aliphatic carbocycles. The van der Waals surface area contributed by atoms with E-state index in [-0.39, 0.29) is 28.9 Å². The maximum absolute atomic E-state index is 13.9. The second-order valence-electron chi connectivity index (χ2n) is 9.93. The Kier molecular flexibility index (Phi) is 8.70. The monoisotopic (exact) mass is 620 g/mol. The lowest BCUT2D eigenvalue weighted by atomic mass is 9.96. The summed E-state index contributed by atoms with van der Waals surface area (Å²) in [5.41, 5.74) is 1.98. The summed E-state index contributed by atoms with van der Waals surface area (Å²) in [6.07, 6.45) is 1.63. The number of aromatic nitrogens is 1. The lowest BCUT2D eigenvalue weighted by molar-refractivity contribution is -0.139. The van der Waals surface area contributed by atoms with Crippen LogP contribution in [-0.2, 0) is 14.3 Å². The highest BCUT2D eigenvalue weighted by Gasteiger charge is 2.33. The molecule has 0 saturated carbocycles. The third-order valence-corrected chi connectivity index (χ3v) is 7.95. The standard InChI is InChI=1S/C32H29ClN2O7S/c1-6-40-31(38)27-18(4)34-32-35(28(27)19-7-10-21(11-8-19)41-17(2)3)29(36)26(43-32)16-22-12-14-25(42-22)20-9-13-24(33)23(15-20)30(37)39-5/h7-17,28H,6H2,1-5H3/b26-16-/t28-/m0/s1. The van der Waals surface area contributed by atoms with E-state index in [2.05, 4.69) is 4.99 Å². The lowest BCUT2D eigenvalue weighted by Gasteiger charge is -2.25. The second kappa shape index (κ2) is 12.4. The fourth-order valence-electron chi connectivity index (χ4n) is 4.77. The van der Waals surface area contributed by atoms with E-state index in [4.69, 9.17) is 30.2 Å². The average molecular weight is 621 g/mol. The van der Waals surface area contributed by atoms with Crippen LogP contribution in [0.4, 0.5) is 0 Å². The zero-order valence-electron chi connectivity index (χ0n) is 24.2. The van der Waals surface area contributed by atoms with Gasteiger partial charge in [-0.3, -0.25) is 9.36 Å². The zero-order valence-corrected chi connectivity index (χ0v) is 25.7. The first-order valence-electron chi connectivity index (χ1n) is 13.6. The third kappa shape index (κ3) is 6.07. The first kappa shape index (κ1) is 30.1. The smallest absolute Gasteiger partial charge is 0.339 e. The van der Waals surface area contributed by atoms with Gasteiger partial charge in [-0.05, 0) is 75.7 Å². The van der Waals surface area contributed by atoms with Gasteiger partial charge in [-0.1, -0.05) is 35.1 Å². The van der Waals surface area contributed by atoms with Crippen molar-refractivity contribution in [3.63, 3.8) is 0 Å². The van der Waals surface area contributed by atoms with Crippen molar-refractivity contribution in [1.82, 2.24) is 4.57 Å². The molecule has 3 heterocycles. The van der Waals surface area contributed by atoms with Gasteiger partial charge in [0.15, 0.2) is 4.80 Å². The number of carbonyl (C=O) groups excluding carboxylic acids is 2. The molecule has 0 unspecified atom stereocenters. The predicted molar refractivity (Wildman–Crippen MR) is 163 cm³/mol. The number of nitrogens with zero attached hydrogens (tertiary/aromatic N) is 2. The quantitative estimate of drug-likeness (QED) is 0.246. The van der Waals surface area contributed by atoms with Gasteiger partial charge < -0.3 is 18.6 Å². The van der Waals surface area contributed by atoms with Gasteiger partial charge in [0.05, 0.1) is 52.3 Å². The highest BCUT2D eigenvalue weighted by Crippen LogP contribution is 2.32. The van der Waals surface area contributed by atoms with Gasteiger partial charge in [0.2, 0.25) is 0 Å². The molecule has 0 saturated heterocycles. The Hall–Kier alpha value is -4.41. The van der Waals surface area contributed by atoms with E-state index < -0.39 is 18.0 Å². The highest BCUT2D eigenvalue weighted by atomic mass is 35.5. The molecule has 0 spiro atoms. The van der Waals surface area contributed by atoms with Gasteiger partial charge in [-0.25, -0.2) is 14.6 Å². The van der Waals surface area contributed by atoms with Crippen LogP contribution in [0.5, 0.6) is 5.75 Å². The van der Waals surface area contributed by atoms with Gasteiger partial charge in [0.25, 0.3) is 5.56 Å². The first-order valence-corrected chi connectivity index (χ1v) is 14.7. The number of methoxy groups -OCH3 is 1.